The number of hydrogen-bond donors (Lipinski definition) is 1. The minimum Gasteiger partial charge on any atom is -0.389 e. The van der Waals surface area contributed by atoms with Crippen LogP contribution in [0.15, 0.2) is 0 Å². The number of ether oxygens (including phenoxy) is 2. The van der Waals surface area contributed by atoms with Crippen LogP contribution in [0, 0.1) is 0 Å². The largest absolute Gasteiger partial charge is 0.389 e. The van der Waals surface area contributed by atoms with Crippen LogP contribution in [-0.4, -0.2) is 61.2 Å². The van der Waals surface area contributed by atoms with Crippen LogP contribution >= 0.6 is 0 Å². The van der Waals surface area contributed by atoms with Crippen LogP contribution < -0.4 is 0 Å². The van der Waals surface area contributed by atoms with E-state index in [1.165, 1.54) is 0 Å². The average molecular weight is 217 g/mol. The summed E-state index contributed by atoms with van der Waals surface area (Å²) >= 11 is 0. The highest BCUT2D eigenvalue weighted by atomic mass is 16.5. The van der Waals surface area contributed by atoms with Crippen molar-refractivity contribution in [3.05, 3.63) is 0 Å². The maximum Gasteiger partial charge on any atom is 0.0900 e. The molecule has 1 rings (SSSR count). The third kappa shape index (κ3) is 4.93. The molecule has 2 atom stereocenters. The summed E-state index contributed by atoms with van der Waals surface area (Å²) in [6.45, 7) is 9.60. The van der Waals surface area contributed by atoms with Crippen LogP contribution in [0.2, 0.25) is 0 Å². The number of aliphatic hydroxyl groups is 1. The molecule has 4 heteroatoms. The van der Waals surface area contributed by atoms with Gasteiger partial charge in [0, 0.05) is 19.1 Å². The Labute approximate surface area is 92.2 Å². The first-order valence-corrected chi connectivity index (χ1v) is 5.71. The van der Waals surface area contributed by atoms with Gasteiger partial charge in [-0.05, 0) is 20.8 Å². The summed E-state index contributed by atoms with van der Waals surface area (Å²) < 4.78 is 10.7. The third-order valence-corrected chi connectivity index (χ3v) is 2.57. The highest BCUT2D eigenvalue weighted by molar-refractivity contribution is 4.73. The Balaban J connectivity index is 2.20. The Morgan fingerprint density at radius 2 is 2.27 bits per heavy atom. The van der Waals surface area contributed by atoms with Crippen molar-refractivity contribution in [3.8, 4) is 0 Å². The Morgan fingerprint density at radius 3 is 2.87 bits per heavy atom. The molecule has 0 aromatic carbocycles. The van der Waals surface area contributed by atoms with Gasteiger partial charge in [-0.25, -0.2) is 0 Å². The summed E-state index contributed by atoms with van der Waals surface area (Å²) in [7, 11) is 0. The molecule has 90 valence electrons. The second-order valence-electron chi connectivity index (χ2n) is 4.45. The van der Waals surface area contributed by atoms with Crippen molar-refractivity contribution in [1.29, 1.82) is 0 Å². The van der Waals surface area contributed by atoms with Crippen molar-refractivity contribution < 1.29 is 14.6 Å². The standard InChI is InChI=1S/C11H23NO3/c1-9(2)15-8-11(13)6-12-4-5-14-7-10(12)3/h9-11,13H,4-8H2,1-3H3. The highest BCUT2D eigenvalue weighted by Crippen LogP contribution is 2.07. The van der Waals surface area contributed by atoms with E-state index in [2.05, 4.69) is 11.8 Å². The molecule has 0 aliphatic carbocycles. The van der Waals surface area contributed by atoms with Gasteiger partial charge in [-0.1, -0.05) is 0 Å². The zero-order valence-electron chi connectivity index (χ0n) is 9.98. The third-order valence-electron chi connectivity index (χ3n) is 2.57. The molecule has 4 nitrogen and oxygen atoms in total. The van der Waals surface area contributed by atoms with Crippen LogP contribution in [-0.2, 0) is 9.47 Å². The van der Waals surface area contributed by atoms with Gasteiger partial charge >= 0.3 is 0 Å². The van der Waals surface area contributed by atoms with E-state index in [9.17, 15) is 5.11 Å². The molecule has 1 aliphatic rings. The first-order chi connectivity index (χ1) is 7.09. The molecular formula is C11H23NO3. The van der Waals surface area contributed by atoms with E-state index in [0.29, 0.717) is 19.2 Å². The van der Waals surface area contributed by atoms with E-state index < -0.39 is 6.10 Å². The molecule has 0 aromatic rings. The van der Waals surface area contributed by atoms with Gasteiger partial charge in [-0.3, -0.25) is 4.90 Å². The van der Waals surface area contributed by atoms with Crippen molar-refractivity contribution in [3.63, 3.8) is 0 Å². The van der Waals surface area contributed by atoms with E-state index in [1.807, 2.05) is 13.8 Å². The maximum absolute atomic E-state index is 9.76. The molecule has 1 heterocycles. The minimum atomic E-state index is -0.395. The van der Waals surface area contributed by atoms with Gasteiger partial charge < -0.3 is 14.6 Å². The molecule has 2 unspecified atom stereocenters. The summed E-state index contributed by atoms with van der Waals surface area (Å²) in [6, 6.07) is 0.396. The number of morpholine rings is 1. The number of rotatable bonds is 5. The zero-order valence-corrected chi connectivity index (χ0v) is 9.98. The average Bonchev–Trinajstić information content (AvgIpc) is 2.18. The fraction of sp³-hybridized carbons (Fsp3) is 1.00. The Bertz CT molecular complexity index is 175. The number of β-amino-alcohol motifs (C(OH)–C–C–N with tert-alkyl or cyclic N) is 1. The lowest BCUT2D eigenvalue weighted by atomic mass is 10.2. The summed E-state index contributed by atoms with van der Waals surface area (Å²) in [5.74, 6) is 0. The molecule has 0 bridgehead atoms. The zero-order chi connectivity index (χ0) is 11.3. The smallest absolute Gasteiger partial charge is 0.0900 e. The van der Waals surface area contributed by atoms with Gasteiger partial charge in [0.15, 0.2) is 0 Å². The summed E-state index contributed by atoms with van der Waals surface area (Å²) in [4.78, 5) is 2.25. The molecule has 1 fully saturated rings. The van der Waals surface area contributed by atoms with Crippen LogP contribution in [0.4, 0.5) is 0 Å². The number of aliphatic hydroxyl groups excluding tert-OH is 1. The number of hydrogen-bond acceptors (Lipinski definition) is 4. The molecular weight excluding hydrogens is 194 g/mol. The predicted molar refractivity (Wildman–Crippen MR) is 58.9 cm³/mol. The van der Waals surface area contributed by atoms with E-state index in [0.717, 1.165) is 19.8 Å². The molecule has 15 heavy (non-hydrogen) atoms. The van der Waals surface area contributed by atoms with E-state index in [4.69, 9.17) is 9.47 Å². The van der Waals surface area contributed by atoms with Gasteiger partial charge in [0.05, 0.1) is 32.0 Å². The fourth-order valence-corrected chi connectivity index (χ4v) is 1.66. The summed E-state index contributed by atoms with van der Waals surface area (Å²) in [6.07, 6.45) is -0.213. The van der Waals surface area contributed by atoms with E-state index in [1.54, 1.807) is 0 Å². The molecule has 0 saturated carbocycles. The van der Waals surface area contributed by atoms with Gasteiger partial charge in [-0.2, -0.15) is 0 Å². The van der Waals surface area contributed by atoms with Gasteiger partial charge in [-0.15, -0.1) is 0 Å². The molecule has 0 aromatic heterocycles. The molecule has 0 amide bonds. The first-order valence-electron chi connectivity index (χ1n) is 5.71. The fourth-order valence-electron chi connectivity index (χ4n) is 1.66. The lowest BCUT2D eigenvalue weighted by Gasteiger charge is -2.34. The SMILES string of the molecule is CC(C)OCC(O)CN1CCOCC1C. The van der Waals surface area contributed by atoms with Crippen LogP contribution in [0.3, 0.4) is 0 Å². The van der Waals surface area contributed by atoms with Gasteiger partial charge in [0.25, 0.3) is 0 Å². The lowest BCUT2D eigenvalue weighted by molar-refractivity contribution is -0.0461. The molecule has 0 spiro atoms. The number of nitrogens with zero attached hydrogens (tertiary/aromatic N) is 1. The Morgan fingerprint density at radius 1 is 1.53 bits per heavy atom. The van der Waals surface area contributed by atoms with Crippen molar-refractivity contribution in [2.24, 2.45) is 0 Å². The first kappa shape index (κ1) is 12.9. The van der Waals surface area contributed by atoms with Gasteiger partial charge in [0.1, 0.15) is 0 Å². The molecule has 1 aliphatic heterocycles. The Kier molecular flexibility index (Phi) is 5.53. The second-order valence-corrected chi connectivity index (χ2v) is 4.45. The van der Waals surface area contributed by atoms with Gasteiger partial charge in [0.2, 0.25) is 0 Å². The lowest BCUT2D eigenvalue weighted by Crippen LogP contribution is -2.47. The van der Waals surface area contributed by atoms with Crippen molar-refractivity contribution in [2.75, 3.05) is 32.9 Å². The predicted octanol–water partition coefficient (Wildman–Crippen LogP) is 0.493. The normalized spacial score (nSPS) is 25.8. The quantitative estimate of drug-likeness (QED) is 0.728. The van der Waals surface area contributed by atoms with E-state index in [-0.39, 0.29) is 6.10 Å². The van der Waals surface area contributed by atoms with Crippen LogP contribution in [0.5, 0.6) is 0 Å². The maximum atomic E-state index is 9.76. The second kappa shape index (κ2) is 6.43. The van der Waals surface area contributed by atoms with Crippen molar-refractivity contribution >= 4 is 0 Å². The summed E-state index contributed by atoms with van der Waals surface area (Å²) in [5.41, 5.74) is 0. The monoisotopic (exact) mass is 217 g/mol. The highest BCUT2D eigenvalue weighted by Gasteiger charge is 2.21. The van der Waals surface area contributed by atoms with E-state index >= 15 is 0 Å². The minimum absolute atomic E-state index is 0.182. The molecule has 1 N–H and O–H groups in total. The Hall–Kier alpha value is -0.160. The van der Waals surface area contributed by atoms with Crippen LogP contribution in [0.1, 0.15) is 20.8 Å². The molecule has 0 radical (unpaired) electrons. The van der Waals surface area contributed by atoms with Crippen LogP contribution in [0.25, 0.3) is 0 Å². The summed E-state index contributed by atoms with van der Waals surface area (Å²) in [5, 5.41) is 9.76. The molecule has 1 saturated heterocycles. The van der Waals surface area contributed by atoms with Crippen molar-refractivity contribution in [2.45, 2.75) is 39.0 Å². The van der Waals surface area contributed by atoms with Crippen molar-refractivity contribution in [1.82, 2.24) is 4.90 Å². The topological polar surface area (TPSA) is 41.9 Å².